The van der Waals surface area contributed by atoms with Crippen molar-refractivity contribution in [1.82, 2.24) is 20.2 Å². The van der Waals surface area contributed by atoms with Crippen LogP contribution >= 0.6 is 0 Å². The van der Waals surface area contributed by atoms with Crippen molar-refractivity contribution < 1.29 is 0 Å². The third kappa shape index (κ3) is 2.56. The summed E-state index contributed by atoms with van der Waals surface area (Å²) < 4.78 is 0. The normalized spacial score (nSPS) is 15.8. The molecular weight excluding hydrogens is 298 g/mol. The number of benzene rings is 1. The Hall–Kier alpha value is -2.69. The smallest absolute Gasteiger partial charge is 0.153 e. The zero-order valence-electron chi connectivity index (χ0n) is 14.0. The molecule has 0 spiro atoms. The Kier molecular flexibility index (Phi) is 3.56. The summed E-state index contributed by atoms with van der Waals surface area (Å²) in [6.07, 6.45) is 3.41. The highest BCUT2D eigenvalue weighted by Crippen LogP contribution is 2.47. The summed E-state index contributed by atoms with van der Waals surface area (Å²) in [7, 11) is 0. The molecule has 5 nitrogen and oxygen atoms in total. The fourth-order valence-electron chi connectivity index (χ4n) is 3.39. The van der Waals surface area contributed by atoms with Crippen LogP contribution < -0.4 is 5.32 Å². The fourth-order valence-corrected chi connectivity index (χ4v) is 3.39. The van der Waals surface area contributed by atoms with E-state index in [1.165, 1.54) is 12.0 Å². The van der Waals surface area contributed by atoms with Gasteiger partial charge >= 0.3 is 0 Å². The van der Waals surface area contributed by atoms with Crippen molar-refractivity contribution in [3.63, 3.8) is 0 Å². The van der Waals surface area contributed by atoms with Crippen LogP contribution in [0.25, 0.3) is 0 Å². The van der Waals surface area contributed by atoms with Gasteiger partial charge in [0.1, 0.15) is 11.6 Å². The SMILES string of the molecule is Cc1cc(Nc2cc(C)[nH]n2)nc(C2(c3ccccc3)CCC2)n1. The molecule has 0 unspecified atom stereocenters. The van der Waals surface area contributed by atoms with Crippen molar-refractivity contribution in [3.05, 3.63) is 65.2 Å². The molecule has 122 valence electrons. The van der Waals surface area contributed by atoms with Gasteiger partial charge in [0.15, 0.2) is 5.82 Å². The third-order valence-electron chi connectivity index (χ3n) is 4.78. The number of rotatable bonds is 4. The number of aryl methyl sites for hydroxylation is 2. The monoisotopic (exact) mass is 319 g/mol. The molecule has 1 aliphatic rings. The predicted molar refractivity (Wildman–Crippen MR) is 94.4 cm³/mol. The quantitative estimate of drug-likeness (QED) is 0.762. The summed E-state index contributed by atoms with van der Waals surface area (Å²) in [6.45, 7) is 4.00. The molecule has 1 aromatic carbocycles. The topological polar surface area (TPSA) is 66.5 Å². The highest BCUT2D eigenvalue weighted by molar-refractivity contribution is 5.53. The molecule has 2 aromatic heterocycles. The zero-order valence-corrected chi connectivity index (χ0v) is 14.0. The first-order valence-corrected chi connectivity index (χ1v) is 8.36. The van der Waals surface area contributed by atoms with E-state index in [1.807, 2.05) is 26.0 Å². The molecule has 5 heteroatoms. The highest BCUT2D eigenvalue weighted by atomic mass is 15.2. The Morgan fingerprint density at radius 1 is 1.00 bits per heavy atom. The Labute approximate surface area is 141 Å². The third-order valence-corrected chi connectivity index (χ3v) is 4.78. The highest BCUT2D eigenvalue weighted by Gasteiger charge is 2.43. The minimum absolute atomic E-state index is 0.0504. The van der Waals surface area contributed by atoms with Gasteiger partial charge in [-0.25, -0.2) is 9.97 Å². The average molecular weight is 319 g/mol. The lowest BCUT2D eigenvalue weighted by atomic mass is 9.64. The molecule has 3 aromatic rings. The molecule has 24 heavy (non-hydrogen) atoms. The lowest BCUT2D eigenvalue weighted by Gasteiger charge is -2.41. The van der Waals surface area contributed by atoms with Gasteiger partial charge in [-0.15, -0.1) is 0 Å². The van der Waals surface area contributed by atoms with Crippen LogP contribution in [0.5, 0.6) is 0 Å². The van der Waals surface area contributed by atoms with Crippen LogP contribution in [0.2, 0.25) is 0 Å². The summed E-state index contributed by atoms with van der Waals surface area (Å²) in [5.41, 5.74) is 3.24. The van der Waals surface area contributed by atoms with Gasteiger partial charge in [0.25, 0.3) is 0 Å². The van der Waals surface area contributed by atoms with Crippen LogP contribution in [-0.2, 0) is 5.41 Å². The summed E-state index contributed by atoms with van der Waals surface area (Å²) in [5, 5.41) is 10.5. The second-order valence-electron chi connectivity index (χ2n) is 6.58. The zero-order chi connectivity index (χ0) is 16.6. The van der Waals surface area contributed by atoms with Crippen molar-refractivity contribution >= 4 is 11.6 Å². The lowest BCUT2D eigenvalue weighted by Crippen LogP contribution is -2.37. The summed E-state index contributed by atoms with van der Waals surface area (Å²) in [5.74, 6) is 2.49. The molecule has 1 aliphatic carbocycles. The minimum atomic E-state index is -0.0504. The van der Waals surface area contributed by atoms with Crippen LogP contribution in [0, 0.1) is 13.8 Å². The average Bonchev–Trinajstić information content (AvgIpc) is 2.92. The van der Waals surface area contributed by atoms with Crippen molar-refractivity contribution in [1.29, 1.82) is 0 Å². The van der Waals surface area contributed by atoms with Crippen molar-refractivity contribution in [2.24, 2.45) is 0 Å². The largest absolute Gasteiger partial charge is 0.323 e. The van der Waals surface area contributed by atoms with E-state index < -0.39 is 0 Å². The fraction of sp³-hybridized carbons (Fsp3) is 0.316. The van der Waals surface area contributed by atoms with Crippen molar-refractivity contribution in [2.45, 2.75) is 38.5 Å². The minimum Gasteiger partial charge on any atom is -0.323 e. The Morgan fingerprint density at radius 2 is 1.79 bits per heavy atom. The van der Waals surface area contributed by atoms with Gasteiger partial charge in [-0.1, -0.05) is 36.8 Å². The van der Waals surface area contributed by atoms with Crippen LogP contribution in [-0.4, -0.2) is 20.2 Å². The molecule has 4 rings (SSSR count). The summed E-state index contributed by atoms with van der Waals surface area (Å²) >= 11 is 0. The number of hydrogen-bond donors (Lipinski definition) is 2. The molecular formula is C19H21N5. The molecule has 1 saturated carbocycles. The maximum Gasteiger partial charge on any atom is 0.153 e. The maximum absolute atomic E-state index is 4.83. The predicted octanol–water partition coefficient (Wildman–Crippen LogP) is 4.03. The van der Waals surface area contributed by atoms with Gasteiger partial charge < -0.3 is 5.32 Å². The number of aromatic amines is 1. The van der Waals surface area contributed by atoms with Crippen LogP contribution in [0.15, 0.2) is 42.5 Å². The van der Waals surface area contributed by atoms with Gasteiger partial charge in [-0.3, -0.25) is 5.10 Å². The summed E-state index contributed by atoms with van der Waals surface area (Å²) in [6, 6.07) is 14.6. The van der Waals surface area contributed by atoms with Crippen LogP contribution in [0.1, 0.15) is 42.0 Å². The standard InChI is InChI=1S/C19H21N5/c1-13-11-16(21-17-12-14(2)23-24-17)22-18(20-13)19(9-6-10-19)15-7-4-3-5-8-15/h3-5,7-8,11-12H,6,9-10H2,1-2H3,(H2,20,21,22,23,24). The first kappa shape index (κ1) is 14.9. The molecule has 0 bridgehead atoms. The van der Waals surface area contributed by atoms with Crippen molar-refractivity contribution in [2.75, 3.05) is 5.32 Å². The van der Waals surface area contributed by atoms with E-state index in [4.69, 9.17) is 9.97 Å². The second kappa shape index (κ2) is 5.74. The van der Waals surface area contributed by atoms with Gasteiger partial charge in [0.05, 0.1) is 5.41 Å². The number of aromatic nitrogens is 4. The van der Waals surface area contributed by atoms with E-state index in [9.17, 15) is 0 Å². The number of H-pyrrole nitrogens is 1. The van der Waals surface area contributed by atoms with E-state index in [1.54, 1.807) is 0 Å². The summed E-state index contributed by atoms with van der Waals surface area (Å²) in [4.78, 5) is 9.60. The number of hydrogen-bond acceptors (Lipinski definition) is 4. The first-order valence-electron chi connectivity index (χ1n) is 8.36. The van der Waals surface area contributed by atoms with Crippen LogP contribution in [0.3, 0.4) is 0 Å². The van der Waals surface area contributed by atoms with Gasteiger partial charge in [-0.05, 0) is 32.3 Å². The van der Waals surface area contributed by atoms with Gasteiger partial charge in [-0.2, -0.15) is 5.10 Å². The Bertz CT molecular complexity index is 849. The molecule has 1 fully saturated rings. The molecule has 0 aliphatic heterocycles. The molecule has 0 amide bonds. The van der Waals surface area contributed by atoms with E-state index in [2.05, 4.69) is 45.8 Å². The Balaban J connectivity index is 1.72. The molecule has 0 saturated heterocycles. The van der Waals surface area contributed by atoms with E-state index in [0.717, 1.165) is 41.7 Å². The molecule has 2 heterocycles. The van der Waals surface area contributed by atoms with E-state index >= 15 is 0 Å². The van der Waals surface area contributed by atoms with Crippen LogP contribution in [0.4, 0.5) is 11.6 Å². The maximum atomic E-state index is 4.83. The number of anilines is 2. The number of nitrogens with one attached hydrogen (secondary N) is 2. The second-order valence-corrected chi connectivity index (χ2v) is 6.58. The van der Waals surface area contributed by atoms with Crippen molar-refractivity contribution in [3.8, 4) is 0 Å². The van der Waals surface area contributed by atoms with Gasteiger partial charge in [0, 0.05) is 23.5 Å². The van der Waals surface area contributed by atoms with E-state index in [0.29, 0.717) is 0 Å². The first-order chi connectivity index (χ1) is 11.7. The molecule has 0 atom stereocenters. The van der Waals surface area contributed by atoms with Gasteiger partial charge in [0.2, 0.25) is 0 Å². The molecule has 0 radical (unpaired) electrons. The molecule has 2 N–H and O–H groups in total. The number of nitrogens with zero attached hydrogens (tertiary/aromatic N) is 3. The Morgan fingerprint density at radius 3 is 2.42 bits per heavy atom. The van der Waals surface area contributed by atoms with E-state index in [-0.39, 0.29) is 5.41 Å². The lowest BCUT2D eigenvalue weighted by molar-refractivity contribution is 0.285.